The number of unbranched alkanes of at least 4 members (excludes halogenated alkanes) is 1. The van der Waals surface area contributed by atoms with Crippen LogP contribution in [-0.4, -0.2) is 52.3 Å². The van der Waals surface area contributed by atoms with Gasteiger partial charge in [-0.25, -0.2) is 0 Å². The Labute approximate surface area is 188 Å². The summed E-state index contributed by atoms with van der Waals surface area (Å²) in [5.74, 6) is 0.790. The molecule has 32 heavy (non-hydrogen) atoms. The number of piperazine rings is 1. The van der Waals surface area contributed by atoms with Crippen molar-refractivity contribution >= 4 is 22.7 Å². The van der Waals surface area contributed by atoms with Crippen molar-refractivity contribution in [2.75, 3.05) is 19.7 Å². The summed E-state index contributed by atoms with van der Waals surface area (Å²) in [6.07, 6.45) is 2.42. The van der Waals surface area contributed by atoms with Crippen LogP contribution >= 0.6 is 0 Å². The Morgan fingerprint density at radius 2 is 1.84 bits per heavy atom. The molecule has 1 aromatic heterocycles. The first-order valence-corrected chi connectivity index (χ1v) is 11.5. The normalized spacial score (nSPS) is 20.4. The van der Waals surface area contributed by atoms with Crippen LogP contribution in [0.4, 0.5) is 0 Å². The number of benzene rings is 2. The molecule has 3 heterocycles. The maximum Gasteiger partial charge on any atom is 0.246 e. The zero-order valence-corrected chi connectivity index (χ0v) is 18.6. The number of para-hydroxylation sites is 2. The van der Waals surface area contributed by atoms with E-state index in [1.165, 1.54) is 0 Å². The molecule has 1 saturated heterocycles. The third kappa shape index (κ3) is 3.25. The molecule has 166 valence electrons. The van der Waals surface area contributed by atoms with Crippen molar-refractivity contribution < 1.29 is 14.3 Å². The number of ether oxygens (including phenoxy) is 1. The number of hydrogen-bond donors (Lipinski definition) is 1. The number of aromatic amines is 1. The fourth-order valence-electron chi connectivity index (χ4n) is 5.18. The molecule has 2 aliphatic heterocycles. The molecule has 0 aliphatic carbocycles. The molecule has 5 rings (SSSR count). The smallest absolute Gasteiger partial charge is 0.246 e. The van der Waals surface area contributed by atoms with Crippen LogP contribution in [0.25, 0.3) is 10.9 Å². The molecule has 0 bridgehead atoms. The van der Waals surface area contributed by atoms with Crippen molar-refractivity contribution in [1.82, 2.24) is 14.8 Å². The highest BCUT2D eigenvalue weighted by atomic mass is 16.5. The summed E-state index contributed by atoms with van der Waals surface area (Å²) < 4.78 is 5.95. The number of carbonyl (C=O) groups excluding carboxylic acids is 2. The zero-order valence-electron chi connectivity index (χ0n) is 18.6. The number of nitrogens with zero attached hydrogens (tertiary/aromatic N) is 2. The Morgan fingerprint density at radius 3 is 2.66 bits per heavy atom. The van der Waals surface area contributed by atoms with Crippen molar-refractivity contribution in [1.29, 1.82) is 0 Å². The summed E-state index contributed by atoms with van der Waals surface area (Å²) in [6, 6.07) is 15.1. The molecule has 6 heteroatoms. The Hall–Kier alpha value is -3.28. The Morgan fingerprint density at radius 1 is 1.06 bits per heavy atom. The molecule has 2 amide bonds. The van der Waals surface area contributed by atoms with Crippen molar-refractivity contribution in [2.45, 2.75) is 45.2 Å². The second-order valence-electron chi connectivity index (χ2n) is 8.57. The van der Waals surface area contributed by atoms with Crippen molar-refractivity contribution in [3.63, 3.8) is 0 Å². The van der Waals surface area contributed by atoms with E-state index in [0.717, 1.165) is 46.3 Å². The van der Waals surface area contributed by atoms with Gasteiger partial charge in [-0.2, -0.15) is 0 Å². The minimum atomic E-state index is -0.500. The van der Waals surface area contributed by atoms with E-state index in [1.807, 2.05) is 43.3 Å². The quantitative estimate of drug-likeness (QED) is 0.640. The minimum Gasteiger partial charge on any atom is -0.494 e. The second kappa shape index (κ2) is 8.34. The highest BCUT2D eigenvalue weighted by molar-refractivity contribution is 5.97. The molecule has 1 N–H and O–H groups in total. The van der Waals surface area contributed by atoms with Gasteiger partial charge in [0.1, 0.15) is 17.8 Å². The first-order chi connectivity index (χ1) is 15.6. The largest absolute Gasteiger partial charge is 0.494 e. The number of amides is 2. The average molecular weight is 432 g/mol. The van der Waals surface area contributed by atoms with Crippen LogP contribution in [0.3, 0.4) is 0 Å². The lowest BCUT2D eigenvalue weighted by molar-refractivity contribution is -0.158. The fourth-order valence-corrected chi connectivity index (χ4v) is 5.18. The lowest BCUT2D eigenvalue weighted by Crippen LogP contribution is -2.63. The molecule has 6 nitrogen and oxygen atoms in total. The van der Waals surface area contributed by atoms with Gasteiger partial charge in [-0.3, -0.25) is 9.59 Å². The number of H-pyrrole nitrogens is 1. The summed E-state index contributed by atoms with van der Waals surface area (Å²) in [5.41, 5.74) is 4.04. The molecule has 0 radical (unpaired) electrons. The van der Waals surface area contributed by atoms with E-state index >= 15 is 0 Å². The number of hydrogen-bond acceptors (Lipinski definition) is 3. The monoisotopic (exact) mass is 431 g/mol. The van der Waals surface area contributed by atoms with E-state index in [4.69, 9.17) is 4.74 Å². The van der Waals surface area contributed by atoms with E-state index in [2.05, 4.69) is 24.0 Å². The summed E-state index contributed by atoms with van der Waals surface area (Å²) in [6.45, 7) is 5.35. The van der Waals surface area contributed by atoms with Crippen LogP contribution in [-0.2, 0) is 16.0 Å². The molecule has 0 spiro atoms. The van der Waals surface area contributed by atoms with E-state index < -0.39 is 6.04 Å². The van der Waals surface area contributed by atoms with Gasteiger partial charge in [0.25, 0.3) is 0 Å². The Balaban J connectivity index is 1.68. The van der Waals surface area contributed by atoms with Gasteiger partial charge in [-0.05, 0) is 31.0 Å². The molecule has 0 saturated carbocycles. The molecule has 3 aromatic rings. The summed E-state index contributed by atoms with van der Waals surface area (Å²) in [7, 11) is 0. The van der Waals surface area contributed by atoms with Crippen molar-refractivity contribution in [3.8, 4) is 5.75 Å². The molecule has 2 aromatic carbocycles. The molecular formula is C26H29N3O3. The summed E-state index contributed by atoms with van der Waals surface area (Å²) >= 11 is 0. The summed E-state index contributed by atoms with van der Waals surface area (Å²) in [5, 5.41) is 1.12. The number of aromatic nitrogens is 1. The van der Waals surface area contributed by atoms with Gasteiger partial charge < -0.3 is 19.5 Å². The van der Waals surface area contributed by atoms with E-state index in [1.54, 1.807) is 9.80 Å². The number of fused-ring (bicyclic) bond motifs is 4. The lowest BCUT2D eigenvalue weighted by Gasteiger charge is -2.47. The summed E-state index contributed by atoms with van der Waals surface area (Å²) in [4.78, 5) is 34.2. The first kappa shape index (κ1) is 20.6. The highest BCUT2D eigenvalue weighted by Crippen LogP contribution is 2.44. The number of carbonyl (C=O) groups is 2. The standard InChI is InChI=1S/C26H29N3O3/c1-3-5-14-28-16-23(30)29-21(26(28)31)15-19-17-10-6-8-12-20(17)27-24(19)25(29)18-11-7-9-13-22(18)32-4-2/h6-13,21,25,27H,3-5,14-16H2,1-2H3/t21-,25-/m0/s1. The maximum absolute atomic E-state index is 13.6. The predicted octanol–water partition coefficient (Wildman–Crippen LogP) is 4.05. The van der Waals surface area contributed by atoms with Crippen LogP contribution in [0.5, 0.6) is 5.75 Å². The van der Waals surface area contributed by atoms with Crippen LogP contribution in [0.2, 0.25) is 0 Å². The third-order valence-electron chi connectivity index (χ3n) is 6.64. The van der Waals surface area contributed by atoms with Crippen molar-refractivity contribution in [3.05, 3.63) is 65.4 Å². The van der Waals surface area contributed by atoms with E-state index in [-0.39, 0.29) is 24.4 Å². The van der Waals surface area contributed by atoms with E-state index in [0.29, 0.717) is 19.6 Å². The Kier molecular flexibility index (Phi) is 5.37. The van der Waals surface area contributed by atoms with Gasteiger partial charge >= 0.3 is 0 Å². The molecular weight excluding hydrogens is 402 g/mol. The second-order valence-corrected chi connectivity index (χ2v) is 8.57. The average Bonchev–Trinajstić information content (AvgIpc) is 3.18. The minimum absolute atomic E-state index is 0.00805. The SMILES string of the molecule is CCCCN1CC(=O)N2[C@@H](c3ccccc3OCC)c3[nH]c4ccccc4c3C[C@H]2C1=O. The molecule has 2 atom stereocenters. The predicted molar refractivity (Wildman–Crippen MR) is 124 cm³/mol. The molecule has 2 aliphatic rings. The third-order valence-corrected chi connectivity index (χ3v) is 6.64. The van der Waals surface area contributed by atoms with Crippen LogP contribution in [0, 0.1) is 0 Å². The topological polar surface area (TPSA) is 65.6 Å². The number of rotatable bonds is 6. The van der Waals surface area contributed by atoms with Gasteiger partial charge in [-0.1, -0.05) is 49.7 Å². The van der Waals surface area contributed by atoms with Gasteiger partial charge in [0.2, 0.25) is 11.8 Å². The zero-order chi connectivity index (χ0) is 22.2. The van der Waals surface area contributed by atoms with Crippen LogP contribution < -0.4 is 4.74 Å². The number of nitrogens with one attached hydrogen (secondary N) is 1. The fraction of sp³-hybridized carbons (Fsp3) is 0.385. The first-order valence-electron chi connectivity index (χ1n) is 11.5. The van der Waals surface area contributed by atoms with E-state index in [9.17, 15) is 9.59 Å². The maximum atomic E-state index is 13.6. The van der Waals surface area contributed by atoms with Gasteiger partial charge in [0.15, 0.2) is 0 Å². The van der Waals surface area contributed by atoms with Gasteiger partial charge in [-0.15, -0.1) is 0 Å². The molecule has 0 unspecified atom stereocenters. The molecule has 1 fully saturated rings. The van der Waals surface area contributed by atoms with Gasteiger partial charge in [0, 0.05) is 35.1 Å². The van der Waals surface area contributed by atoms with Crippen molar-refractivity contribution in [2.24, 2.45) is 0 Å². The van der Waals surface area contributed by atoms with Crippen LogP contribution in [0.1, 0.15) is 49.6 Å². The lowest BCUT2D eigenvalue weighted by atomic mass is 9.86. The highest BCUT2D eigenvalue weighted by Gasteiger charge is 2.48. The van der Waals surface area contributed by atoms with Gasteiger partial charge in [0.05, 0.1) is 13.2 Å². The Bertz CT molecular complexity index is 1170. The van der Waals surface area contributed by atoms with Crippen LogP contribution in [0.15, 0.2) is 48.5 Å².